The number of amides is 2. The van der Waals surface area contributed by atoms with Gasteiger partial charge in [0.05, 0.1) is 17.9 Å². The van der Waals surface area contributed by atoms with Crippen molar-refractivity contribution >= 4 is 87.0 Å². The van der Waals surface area contributed by atoms with E-state index < -0.39 is 11.8 Å². The van der Waals surface area contributed by atoms with Gasteiger partial charge in [-0.15, -0.1) is 0 Å². The van der Waals surface area contributed by atoms with E-state index >= 15 is 0 Å². The Morgan fingerprint density at radius 3 is 1.56 bits per heavy atom. The van der Waals surface area contributed by atoms with E-state index in [4.69, 9.17) is 9.47 Å². The topological polar surface area (TPSA) is 182 Å². The molecule has 4 heterocycles. The summed E-state index contributed by atoms with van der Waals surface area (Å²) in [6.07, 6.45) is 0.733. The SMILES string of the molecule is O=C1NCCc2cc(Br)c(O)c(c2)Oc2ccc(cc2)CCNC(=O)/C(=N/O)Cc2cc(Br)c(O)c(c2)Oc2c(Br)cc(cc2Br)C/C1=N\O. The first kappa shape index (κ1) is 37.1. The molecule has 0 unspecified atom stereocenters. The quantitative estimate of drug-likeness (QED) is 0.0774. The molecule has 2 amide bonds. The van der Waals surface area contributed by atoms with Gasteiger partial charge in [-0.05, 0) is 147 Å². The summed E-state index contributed by atoms with van der Waals surface area (Å²) in [5.74, 6) is -0.440. The van der Waals surface area contributed by atoms with Crippen LogP contribution in [0.25, 0.3) is 0 Å². The Balaban J connectivity index is 1.45. The van der Waals surface area contributed by atoms with Gasteiger partial charge in [-0.1, -0.05) is 22.4 Å². The highest BCUT2D eigenvalue weighted by atomic mass is 79.9. The minimum Gasteiger partial charge on any atom is -0.503 e. The van der Waals surface area contributed by atoms with E-state index in [0.29, 0.717) is 48.9 Å². The number of benzene rings is 4. The predicted octanol–water partition coefficient (Wildman–Crippen LogP) is 7.51. The average molecular weight is 940 g/mol. The predicted molar refractivity (Wildman–Crippen MR) is 199 cm³/mol. The van der Waals surface area contributed by atoms with E-state index in [1.807, 2.05) is 12.1 Å². The van der Waals surface area contributed by atoms with Crippen molar-refractivity contribution in [3.8, 4) is 34.5 Å². The van der Waals surface area contributed by atoms with Crippen LogP contribution in [0.1, 0.15) is 22.3 Å². The summed E-state index contributed by atoms with van der Waals surface area (Å²) < 4.78 is 13.6. The second-order valence-electron chi connectivity index (χ2n) is 11.0. The minimum atomic E-state index is -0.575. The highest BCUT2D eigenvalue weighted by molar-refractivity contribution is 9.11. The van der Waals surface area contributed by atoms with Crippen LogP contribution >= 0.6 is 63.7 Å². The lowest BCUT2D eigenvalue weighted by Crippen LogP contribution is -2.33. The van der Waals surface area contributed by atoms with Crippen molar-refractivity contribution in [2.45, 2.75) is 25.7 Å². The van der Waals surface area contributed by atoms with Gasteiger partial charge < -0.3 is 40.7 Å². The fourth-order valence-electron chi connectivity index (χ4n) is 4.98. The molecule has 4 aromatic rings. The maximum absolute atomic E-state index is 13.0. The number of oxime groups is 2. The molecule has 16 heteroatoms. The van der Waals surface area contributed by atoms with Gasteiger partial charge in [0.15, 0.2) is 28.7 Å². The molecule has 4 aliphatic heterocycles. The molecule has 0 atom stereocenters. The van der Waals surface area contributed by atoms with Crippen molar-refractivity contribution in [3.63, 3.8) is 0 Å². The van der Waals surface area contributed by atoms with Crippen LogP contribution in [-0.2, 0) is 35.3 Å². The summed E-state index contributed by atoms with van der Waals surface area (Å²) in [5, 5.41) is 52.7. The molecular weight excluding hydrogens is 912 g/mol. The number of phenolic OH excluding ortho intramolecular Hbond substituents is 2. The molecule has 4 aliphatic rings. The van der Waals surface area contributed by atoms with Gasteiger partial charge in [0.2, 0.25) is 0 Å². The molecule has 0 aromatic heterocycles. The zero-order chi connectivity index (χ0) is 35.9. The molecule has 8 rings (SSSR count). The lowest BCUT2D eigenvalue weighted by molar-refractivity contribution is -0.115. The normalized spacial score (nSPS) is 16.2. The summed E-state index contributed by atoms with van der Waals surface area (Å²) in [4.78, 5) is 25.9. The summed E-state index contributed by atoms with van der Waals surface area (Å²) >= 11 is 13.6. The number of aromatic hydroxyl groups is 2. The van der Waals surface area contributed by atoms with Crippen LogP contribution in [0, 0.1) is 0 Å². The largest absolute Gasteiger partial charge is 0.503 e. The van der Waals surface area contributed by atoms with Crippen molar-refractivity contribution in [1.29, 1.82) is 0 Å². The van der Waals surface area contributed by atoms with Gasteiger partial charge >= 0.3 is 0 Å². The number of halogens is 4. The molecule has 50 heavy (non-hydrogen) atoms. The number of hydrogen-bond donors (Lipinski definition) is 6. The number of hydrogen-bond acceptors (Lipinski definition) is 10. The molecule has 0 aliphatic carbocycles. The van der Waals surface area contributed by atoms with Gasteiger partial charge in [-0.3, -0.25) is 9.59 Å². The molecular formula is C34H28Br4N4O8. The first-order valence-electron chi connectivity index (χ1n) is 14.9. The molecule has 4 aromatic carbocycles. The van der Waals surface area contributed by atoms with Gasteiger partial charge in [-0.2, -0.15) is 0 Å². The molecule has 0 fully saturated rings. The Bertz CT molecular complexity index is 1980. The molecule has 6 N–H and O–H groups in total. The highest BCUT2D eigenvalue weighted by Crippen LogP contribution is 2.43. The maximum Gasteiger partial charge on any atom is 0.269 e. The zero-order valence-electron chi connectivity index (χ0n) is 25.8. The fraction of sp³-hybridized carbons (Fsp3) is 0.176. The van der Waals surface area contributed by atoms with Gasteiger partial charge in [0.25, 0.3) is 11.8 Å². The van der Waals surface area contributed by atoms with E-state index in [1.165, 1.54) is 6.07 Å². The third kappa shape index (κ3) is 9.15. The Kier molecular flexibility index (Phi) is 12.4. The lowest BCUT2D eigenvalue weighted by Gasteiger charge is -2.15. The number of ether oxygens (including phenoxy) is 2. The van der Waals surface area contributed by atoms with E-state index in [0.717, 1.165) is 11.1 Å². The smallest absolute Gasteiger partial charge is 0.269 e. The van der Waals surface area contributed by atoms with Crippen LogP contribution in [0.4, 0.5) is 0 Å². The van der Waals surface area contributed by atoms with Gasteiger partial charge in [-0.25, -0.2) is 0 Å². The Morgan fingerprint density at radius 2 is 1.02 bits per heavy atom. The highest BCUT2D eigenvalue weighted by Gasteiger charge is 2.21. The van der Waals surface area contributed by atoms with Crippen LogP contribution in [0.5, 0.6) is 34.5 Å². The molecule has 260 valence electrons. The minimum absolute atomic E-state index is 0.0288. The summed E-state index contributed by atoms with van der Waals surface area (Å²) in [5.41, 5.74) is 2.45. The van der Waals surface area contributed by atoms with Crippen LogP contribution in [0.2, 0.25) is 0 Å². The summed E-state index contributed by atoms with van der Waals surface area (Å²) in [6.45, 7) is 0.450. The molecule has 8 bridgehead atoms. The Hall–Kier alpha value is -4.12. The molecule has 0 saturated heterocycles. The van der Waals surface area contributed by atoms with Crippen molar-refractivity contribution in [1.82, 2.24) is 10.6 Å². The number of nitrogens with zero attached hydrogens (tertiary/aromatic N) is 2. The third-order valence-electron chi connectivity index (χ3n) is 7.50. The monoisotopic (exact) mass is 936 g/mol. The first-order chi connectivity index (χ1) is 23.9. The zero-order valence-corrected chi connectivity index (χ0v) is 32.2. The number of carbonyl (C=O) groups excluding carboxylic acids is 2. The van der Waals surface area contributed by atoms with E-state index in [9.17, 15) is 30.2 Å². The molecule has 0 spiro atoms. The average Bonchev–Trinajstić information content (AvgIpc) is 3.08. The number of rotatable bonds is 0. The number of carbonyl (C=O) groups is 2. The number of nitrogens with one attached hydrogen (secondary N) is 2. The molecule has 0 radical (unpaired) electrons. The van der Waals surface area contributed by atoms with Crippen molar-refractivity contribution in [2.75, 3.05) is 13.1 Å². The van der Waals surface area contributed by atoms with Crippen LogP contribution in [0.15, 0.2) is 88.9 Å². The van der Waals surface area contributed by atoms with Crippen LogP contribution in [0.3, 0.4) is 0 Å². The Labute approximate surface area is 319 Å². The second-order valence-corrected chi connectivity index (χ2v) is 14.5. The standard InChI is InChI=1S/C34H28Br4N4O8/c35-22-9-18-6-8-40-33(45)26(41-47)13-19-11-24(37)32(25(38)12-19)50-29-16-20(10-23(36)31(29)44)14-27(42-48)34(46)39-7-5-17-1-3-21(4-2-17)49-28(15-18)30(22)43/h1-4,9-12,15-16,43-44,47-48H,5-8,13-14H2,(H,39,46)(H,40,45)/b41-26+,42-27+. The van der Waals surface area contributed by atoms with Gasteiger partial charge in [0.1, 0.15) is 17.2 Å². The fourth-order valence-corrected chi connectivity index (χ4v) is 7.41. The van der Waals surface area contributed by atoms with Crippen molar-refractivity contribution in [3.05, 3.63) is 101 Å². The third-order valence-corrected chi connectivity index (χ3v) is 9.89. The number of phenols is 2. The second kappa shape index (κ2) is 16.7. The van der Waals surface area contributed by atoms with Crippen LogP contribution < -0.4 is 20.1 Å². The maximum atomic E-state index is 13.0. The van der Waals surface area contributed by atoms with E-state index in [1.54, 1.807) is 42.5 Å². The summed E-state index contributed by atoms with van der Waals surface area (Å²) in [7, 11) is 0. The van der Waals surface area contributed by atoms with E-state index in [-0.39, 0.29) is 64.8 Å². The first-order valence-corrected chi connectivity index (χ1v) is 18.1. The lowest BCUT2D eigenvalue weighted by atomic mass is 10.1. The summed E-state index contributed by atoms with van der Waals surface area (Å²) in [6, 6.07) is 16.9. The Morgan fingerprint density at radius 1 is 0.580 bits per heavy atom. The van der Waals surface area contributed by atoms with Gasteiger partial charge in [0, 0.05) is 25.9 Å². The van der Waals surface area contributed by atoms with Crippen LogP contribution in [-0.4, -0.2) is 57.0 Å². The van der Waals surface area contributed by atoms with Crippen molar-refractivity contribution < 1.29 is 39.7 Å². The molecule has 12 nitrogen and oxygen atoms in total. The molecule has 0 saturated carbocycles. The van der Waals surface area contributed by atoms with Crippen molar-refractivity contribution in [2.24, 2.45) is 10.3 Å². The van der Waals surface area contributed by atoms with E-state index in [2.05, 4.69) is 84.7 Å².